The van der Waals surface area contributed by atoms with E-state index in [1.807, 2.05) is 0 Å². The van der Waals surface area contributed by atoms with Crippen molar-refractivity contribution < 1.29 is 0 Å². The van der Waals surface area contributed by atoms with E-state index in [1.165, 1.54) is 25.1 Å². The van der Waals surface area contributed by atoms with Crippen LogP contribution in [0.2, 0.25) is 0 Å². The summed E-state index contributed by atoms with van der Waals surface area (Å²) in [5, 5.41) is 7.91. The number of nitrogens with one attached hydrogen (secondary N) is 1. The number of hydrogen-bond donors (Lipinski definition) is 1. The SMILES string of the molecule is CCCn1ncnc1CC1CC(C)CCC1CNCC. The van der Waals surface area contributed by atoms with Crippen LogP contribution in [0.25, 0.3) is 0 Å². The molecule has 1 aliphatic carbocycles. The fraction of sp³-hybridized carbons (Fsp3) is 0.875. The summed E-state index contributed by atoms with van der Waals surface area (Å²) in [6.45, 7) is 10.0. The summed E-state index contributed by atoms with van der Waals surface area (Å²) >= 11 is 0. The molecular formula is C16H30N4. The zero-order valence-corrected chi connectivity index (χ0v) is 13.3. The Morgan fingerprint density at radius 3 is 2.90 bits per heavy atom. The van der Waals surface area contributed by atoms with Crippen LogP contribution in [0.4, 0.5) is 0 Å². The highest BCUT2D eigenvalue weighted by molar-refractivity contribution is 4.92. The number of aryl methyl sites for hydroxylation is 1. The summed E-state index contributed by atoms with van der Waals surface area (Å²) in [6.07, 6.45) is 8.03. The fourth-order valence-electron chi connectivity index (χ4n) is 3.49. The zero-order valence-electron chi connectivity index (χ0n) is 13.3. The third-order valence-electron chi connectivity index (χ3n) is 4.63. The number of rotatable bonds is 7. The minimum Gasteiger partial charge on any atom is -0.317 e. The zero-order chi connectivity index (χ0) is 14.4. The van der Waals surface area contributed by atoms with E-state index in [4.69, 9.17) is 0 Å². The quantitative estimate of drug-likeness (QED) is 0.834. The van der Waals surface area contributed by atoms with Crippen molar-refractivity contribution in [3.63, 3.8) is 0 Å². The summed E-state index contributed by atoms with van der Waals surface area (Å²) in [5.41, 5.74) is 0. The first kappa shape index (κ1) is 15.5. The molecule has 0 radical (unpaired) electrons. The van der Waals surface area contributed by atoms with Crippen LogP contribution in [0.1, 0.15) is 52.3 Å². The molecule has 0 saturated heterocycles. The van der Waals surface area contributed by atoms with E-state index in [1.54, 1.807) is 6.33 Å². The van der Waals surface area contributed by atoms with Gasteiger partial charge < -0.3 is 5.32 Å². The average Bonchev–Trinajstić information content (AvgIpc) is 2.86. The highest BCUT2D eigenvalue weighted by Gasteiger charge is 2.29. The first-order valence-corrected chi connectivity index (χ1v) is 8.31. The first-order chi connectivity index (χ1) is 9.74. The Balaban J connectivity index is 2.00. The summed E-state index contributed by atoms with van der Waals surface area (Å²) in [5.74, 6) is 3.61. The van der Waals surface area contributed by atoms with Crippen LogP contribution >= 0.6 is 0 Å². The molecule has 4 heteroatoms. The molecule has 3 unspecified atom stereocenters. The van der Waals surface area contributed by atoms with Crippen molar-refractivity contribution in [2.45, 2.75) is 59.4 Å². The maximum Gasteiger partial charge on any atom is 0.138 e. The third kappa shape index (κ3) is 4.05. The Bertz CT molecular complexity index is 386. The third-order valence-corrected chi connectivity index (χ3v) is 4.63. The molecule has 1 aliphatic rings. The minimum atomic E-state index is 0.762. The topological polar surface area (TPSA) is 42.7 Å². The largest absolute Gasteiger partial charge is 0.317 e. The van der Waals surface area contributed by atoms with E-state index in [9.17, 15) is 0 Å². The molecule has 0 amide bonds. The van der Waals surface area contributed by atoms with Crippen molar-refractivity contribution in [1.82, 2.24) is 20.1 Å². The van der Waals surface area contributed by atoms with Gasteiger partial charge in [-0.15, -0.1) is 0 Å². The Kier molecular flexibility index (Phi) is 6.02. The number of aromatic nitrogens is 3. The lowest BCUT2D eigenvalue weighted by Gasteiger charge is -2.35. The van der Waals surface area contributed by atoms with Crippen molar-refractivity contribution in [2.75, 3.05) is 13.1 Å². The van der Waals surface area contributed by atoms with Gasteiger partial charge in [-0.1, -0.05) is 27.2 Å². The molecule has 1 aromatic heterocycles. The normalized spacial score (nSPS) is 26.9. The van der Waals surface area contributed by atoms with Gasteiger partial charge in [0.15, 0.2) is 0 Å². The molecule has 1 saturated carbocycles. The van der Waals surface area contributed by atoms with Gasteiger partial charge in [-0.2, -0.15) is 5.10 Å². The van der Waals surface area contributed by atoms with Gasteiger partial charge in [0.05, 0.1) is 0 Å². The van der Waals surface area contributed by atoms with E-state index in [-0.39, 0.29) is 0 Å². The van der Waals surface area contributed by atoms with Crippen molar-refractivity contribution in [1.29, 1.82) is 0 Å². The molecule has 0 bridgehead atoms. The van der Waals surface area contributed by atoms with Gasteiger partial charge >= 0.3 is 0 Å². The van der Waals surface area contributed by atoms with E-state index in [0.717, 1.165) is 50.2 Å². The van der Waals surface area contributed by atoms with Gasteiger partial charge in [0.2, 0.25) is 0 Å². The van der Waals surface area contributed by atoms with Crippen LogP contribution in [0.15, 0.2) is 6.33 Å². The van der Waals surface area contributed by atoms with Crippen LogP contribution in [-0.2, 0) is 13.0 Å². The first-order valence-electron chi connectivity index (χ1n) is 8.31. The lowest BCUT2D eigenvalue weighted by Crippen LogP contribution is -2.34. The molecule has 1 heterocycles. The molecular weight excluding hydrogens is 248 g/mol. The second kappa shape index (κ2) is 7.77. The van der Waals surface area contributed by atoms with E-state index >= 15 is 0 Å². The van der Waals surface area contributed by atoms with E-state index in [0.29, 0.717) is 0 Å². The highest BCUT2D eigenvalue weighted by Crippen LogP contribution is 2.35. The van der Waals surface area contributed by atoms with Crippen LogP contribution in [0, 0.1) is 17.8 Å². The molecule has 3 atom stereocenters. The fourth-order valence-corrected chi connectivity index (χ4v) is 3.49. The van der Waals surface area contributed by atoms with Crippen molar-refractivity contribution in [2.24, 2.45) is 17.8 Å². The molecule has 4 nitrogen and oxygen atoms in total. The smallest absolute Gasteiger partial charge is 0.138 e. The van der Waals surface area contributed by atoms with Gasteiger partial charge in [-0.25, -0.2) is 4.98 Å². The second-order valence-electron chi connectivity index (χ2n) is 6.35. The number of hydrogen-bond acceptors (Lipinski definition) is 3. The van der Waals surface area contributed by atoms with Crippen molar-refractivity contribution in [3.05, 3.63) is 12.2 Å². The minimum absolute atomic E-state index is 0.762. The lowest BCUT2D eigenvalue weighted by molar-refractivity contribution is 0.180. The molecule has 0 aliphatic heterocycles. The van der Waals surface area contributed by atoms with Crippen molar-refractivity contribution in [3.8, 4) is 0 Å². The monoisotopic (exact) mass is 278 g/mol. The average molecular weight is 278 g/mol. The number of nitrogens with zero attached hydrogens (tertiary/aromatic N) is 3. The molecule has 1 fully saturated rings. The lowest BCUT2D eigenvalue weighted by atomic mass is 9.73. The molecule has 1 N–H and O–H groups in total. The Hall–Kier alpha value is -0.900. The molecule has 114 valence electrons. The maximum atomic E-state index is 4.50. The second-order valence-corrected chi connectivity index (χ2v) is 6.35. The highest BCUT2D eigenvalue weighted by atomic mass is 15.3. The summed E-state index contributed by atoms with van der Waals surface area (Å²) in [4.78, 5) is 4.50. The van der Waals surface area contributed by atoms with Crippen LogP contribution in [0.3, 0.4) is 0 Å². The standard InChI is InChI=1S/C16H30N4/c1-4-8-20-16(18-12-19-20)10-15-9-13(3)6-7-14(15)11-17-5-2/h12-15,17H,4-11H2,1-3H3. The Morgan fingerprint density at radius 1 is 1.30 bits per heavy atom. The van der Waals surface area contributed by atoms with E-state index < -0.39 is 0 Å². The molecule has 2 rings (SSSR count). The predicted octanol–water partition coefficient (Wildman–Crippen LogP) is 2.89. The van der Waals surface area contributed by atoms with Crippen LogP contribution in [-0.4, -0.2) is 27.9 Å². The van der Waals surface area contributed by atoms with Crippen LogP contribution in [0.5, 0.6) is 0 Å². The maximum absolute atomic E-state index is 4.50. The van der Waals surface area contributed by atoms with Gasteiger partial charge in [0.1, 0.15) is 12.2 Å². The molecule has 20 heavy (non-hydrogen) atoms. The van der Waals surface area contributed by atoms with Gasteiger partial charge in [-0.3, -0.25) is 4.68 Å². The Morgan fingerprint density at radius 2 is 2.15 bits per heavy atom. The van der Waals surface area contributed by atoms with Gasteiger partial charge in [-0.05, 0) is 50.1 Å². The Labute approximate surface area is 123 Å². The summed E-state index contributed by atoms with van der Waals surface area (Å²) in [6, 6.07) is 0. The van der Waals surface area contributed by atoms with E-state index in [2.05, 4.69) is 40.9 Å². The molecule has 0 spiro atoms. The van der Waals surface area contributed by atoms with Gasteiger partial charge in [0, 0.05) is 13.0 Å². The summed E-state index contributed by atoms with van der Waals surface area (Å²) < 4.78 is 2.10. The summed E-state index contributed by atoms with van der Waals surface area (Å²) in [7, 11) is 0. The van der Waals surface area contributed by atoms with Gasteiger partial charge in [0.25, 0.3) is 0 Å². The van der Waals surface area contributed by atoms with Crippen molar-refractivity contribution >= 4 is 0 Å². The predicted molar refractivity (Wildman–Crippen MR) is 82.6 cm³/mol. The molecule has 0 aromatic carbocycles. The van der Waals surface area contributed by atoms with Crippen LogP contribution < -0.4 is 5.32 Å². The molecule has 1 aromatic rings.